The van der Waals surface area contributed by atoms with Crippen LogP contribution in [0.3, 0.4) is 0 Å². The second-order valence-electron chi connectivity index (χ2n) is 5.62. The van der Waals surface area contributed by atoms with E-state index in [9.17, 15) is 4.79 Å². The Morgan fingerprint density at radius 2 is 1.47 bits per heavy atom. The molecule has 0 radical (unpaired) electrons. The number of benzene rings is 2. The topological polar surface area (TPSA) is 29.1 Å². The van der Waals surface area contributed by atoms with Crippen molar-refractivity contribution in [2.24, 2.45) is 0 Å². The molecule has 0 aromatic heterocycles. The third-order valence-corrected chi connectivity index (χ3v) is 5.07. The van der Waals surface area contributed by atoms with E-state index in [1.807, 2.05) is 48.5 Å². The Hall–Kier alpha value is -1.87. The highest BCUT2D eigenvalue weighted by Crippen LogP contribution is 2.13. The molecule has 0 bridgehead atoms. The number of para-hydroxylation sites is 1. The quantitative estimate of drug-likeness (QED) is 0.849. The molecule has 0 atom stereocenters. The highest BCUT2D eigenvalue weighted by molar-refractivity contribution is 6.89. The Kier molecular flexibility index (Phi) is 3.86. The maximum absolute atomic E-state index is 12.2. The maximum Gasteiger partial charge on any atom is 0.255 e. The molecule has 2 aromatic rings. The lowest BCUT2D eigenvalue weighted by atomic mass is 10.2. The molecule has 0 saturated heterocycles. The Balaban J connectivity index is 2.28. The van der Waals surface area contributed by atoms with Crippen LogP contribution in [0.15, 0.2) is 54.6 Å². The van der Waals surface area contributed by atoms with Crippen LogP contribution in [0.25, 0.3) is 0 Å². The normalized spacial score (nSPS) is 11.1. The molecule has 1 N–H and O–H groups in total. The average Bonchev–Trinajstić information content (AvgIpc) is 2.39. The van der Waals surface area contributed by atoms with Crippen LogP contribution in [0, 0.1) is 0 Å². The lowest BCUT2D eigenvalue weighted by Crippen LogP contribution is -2.39. The van der Waals surface area contributed by atoms with Crippen LogP contribution in [0.5, 0.6) is 0 Å². The zero-order valence-corrected chi connectivity index (χ0v) is 12.6. The molecule has 0 unspecified atom stereocenters. The lowest BCUT2D eigenvalue weighted by molar-refractivity contribution is 0.102. The maximum atomic E-state index is 12.2. The minimum Gasteiger partial charge on any atom is -0.322 e. The second kappa shape index (κ2) is 5.41. The van der Waals surface area contributed by atoms with Gasteiger partial charge in [-0.15, -0.1) is 0 Å². The van der Waals surface area contributed by atoms with Gasteiger partial charge in [0.25, 0.3) is 5.91 Å². The van der Waals surface area contributed by atoms with Gasteiger partial charge in [0.05, 0.1) is 8.07 Å². The summed E-state index contributed by atoms with van der Waals surface area (Å²) in [6, 6.07) is 17.4. The molecule has 19 heavy (non-hydrogen) atoms. The Labute approximate surface area is 115 Å². The molecular weight excluding hydrogens is 250 g/mol. The standard InChI is InChI=1S/C16H19NOSi/c1-19(2,3)15-12-8-7-11-14(15)17-16(18)13-9-5-4-6-10-13/h4-12H,1-3H3,(H,17,18). The van der Waals surface area contributed by atoms with Crippen molar-refractivity contribution in [3.05, 3.63) is 60.2 Å². The van der Waals surface area contributed by atoms with Crippen LogP contribution in [-0.4, -0.2) is 14.0 Å². The van der Waals surface area contributed by atoms with Gasteiger partial charge >= 0.3 is 0 Å². The fourth-order valence-electron chi connectivity index (χ4n) is 2.03. The monoisotopic (exact) mass is 269 g/mol. The smallest absolute Gasteiger partial charge is 0.255 e. The molecule has 0 fully saturated rings. The van der Waals surface area contributed by atoms with Crippen LogP contribution < -0.4 is 10.5 Å². The average molecular weight is 269 g/mol. The minimum absolute atomic E-state index is 0.0497. The number of carbonyl (C=O) groups is 1. The summed E-state index contributed by atoms with van der Waals surface area (Å²) >= 11 is 0. The van der Waals surface area contributed by atoms with Crippen LogP contribution in [0.1, 0.15) is 10.4 Å². The van der Waals surface area contributed by atoms with E-state index in [2.05, 4.69) is 31.0 Å². The van der Waals surface area contributed by atoms with E-state index in [1.54, 1.807) is 0 Å². The van der Waals surface area contributed by atoms with Crippen molar-refractivity contribution in [1.82, 2.24) is 0 Å². The van der Waals surface area contributed by atoms with Crippen molar-refractivity contribution in [2.75, 3.05) is 5.32 Å². The summed E-state index contributed by atoms with van der Waals surface area (Å²) in [6.45, 7) is 6.83. The third-order valence-electron chi connectivity index (χ3n) is 3.02. The van der Waals surface area contributed by atoms with Gasteiger partial charge < -0.3 is 5.32 Å². The van der Waals surface area contributed by atoms with E-state index in [4.69, 9.17) is 0 Å². The van der Waals surface area contributed by atoms with Gasteiger partial charge in [0.1, 0.15) is 0 Å². The van der Waals surface area contributed by atoms with Crippen molar-refractivity contribution in [1.29, 1.82) is 0 Å². The Bertz CT molecular complexity index is 573. The summed E-state index contributed by atoms with van der Waals surface area (Å²) in [5.74, 6) is -0.0497. The molecule has 2 nitrogen and oxygen atoms in total. The molecule has 0 heterocycles. The van der Waals surface area contributed by atoms with E-state index >= 15 is 0 Å². The fourth-order valence-corrected chi connectivity index (χ4v) is 3.58. The van der Waals surface area contributed by atoms with Crippen molar-refractivity contribution < 1.29 is 4.79 Å². The third kappa shape index (κ3) is 3.32. The van der Waals surface area contributed by atoms with Crippen molar-refractivity contribution in [2.45, 2.75) is 19.6 Å². The van der Waals surface area contributed by atoms with Crippen LogP contribution in [-0.2, 0) is 0 Å². The highest BCUT2D eigenvalue weighted by atomic mass is 28.3. The van der Waals surface area contributed by atoms with Crippen LogP contribution in [0.4, 0.5) is 5.69 Å². The van der Waals surface area contributed by atoms with Gasteiger partial charge in [-0.1, -0.05) is 56.0 Å². The summed E-state index contributed by atoms with van der Waals surface area (Å²) < 4.78 is 0. The summed E-state index contributed by atoms with van der Waals surface area (Å²) in [6.07, 6.45) is 0. The van der Waals surface area contributed by atoms with Gasteiger partial charge in [-0.2, -0.15) is 0 Å². The van der Waals surface area contributed by atoms with Crippen molar-refractivity contribution >= 4 is 24.9 Å². The molecule has 0 aliphatic heterocycles. The Morgan fingerprint density at radius 1 is 0.895 bits per heavy atom. The predicted molar refractivity (Wildman–Crippen MR) is 83.8 cm³/mol. The van der Waals surface area contributed by atoms with Crippen LogP contribution in [0.2, 0.25) is 19.6 Å². The zero-order chi connectivity index (χ0) is 13.9. The summed E-state index contributed by atoms with van der Waals surface area (Å²) in [5, 5.41) is 4.31. The largest absolute Gasteiger partial charge is 0.322 e. The molecule has 1 amide bonds. The number of anilines is 1. The lowest BCUT2D eigenvalue weighted by Gasteiger charge is -2.21. The first-order chi connectivity index (χ1) is 8.98. The molecule has 98 valence electrons. The second-order valence-corrected chi connectivity index (χ2v) is 10.7. The van der Waals surface area contributed by atoms with Gasteiger partial charge in [0, 0.05) is 11.3 Å². The van der Waals surface area contributed by atoms with E-state index < -0.39 is 8.07 Å². The number of rotatable bonds is 3. The number of nitrogens with one attached hydrogen (secondary N) is 1. The first-order valence-electron chi connectivity index (χ1n) is 6.44. The van der Waals surface area contributed by atoms with Gasteiger partial charge in [-0.3, -0.25) is 4.79 Å². The van der Waals surface area contributed by atoms with E-state index in [-0.39, 0.29) is 5.91 Å². The highest BCUT2D eigenvalue weighted by Gasteiger charge is 2.20. The van der Waals surface area contributed by atoms with E-state index in [1.165, 1.54) is 5.19 Å². The minimum atomic E-state index is -1.46. The molecule has 3 heteroatoms. The molecule has 0 saturated carbocycles. The van der Waals surface area contributed by atoms with Gasteiger partial charge in [0.2, 0.25) is 0 Å². The zero-order valence-electron chi connectivity index (χ0n) is 11.6. The molecule has 2 rings (SSSR count). The summed E-state index contributed by atoms with van der Waals surface area (Å²) in [7, 11) is -1.46. The molecule has 0 spiro atoms. The van der Waals surface area contributed by atoms with Crippen molar-refractivity contribution in [3.63, 3.8) is 0 Å². The number of hydrogen-bond donors (Lipinski definition) is 1. The Morgan fingerprint density at radius 3 is 2.11 bits per heavy atom. The predicted octanol–water partition coefficient (Wildman–Crippen LogP) is 3.48. The van der Waals surface area contributed by atoms with Gasteiger partial charge in [0.15, 0.2) is 0 Å². The summed E-state index contributed by atoms with van der Waals surface area (Å²) in [5.41, 5.74) is 1.63. The molecule has 0 aliphatic rings. The fraction of sp³-hybridized carbons (Fsp3) is 0.188. The van der Waals surface area contributed by atoms with Crippen molar-refractivity contribution in [3.8, 4) is 0 Å². The number of carbonyl (C=O) groups excluding carboxylic acids is 1. The number of amides is 1. The number of hydrogen-bond acceptors (Lipinski definition) is 1. The molecule has 2 aromatic carbocycles. The van der Waals surface area contributed by atoms with E-state index in [0.29, 0.717) is 5.56 Å². The molecule has 0 aliphatic carbocycles. The first kappa shape index (κ1) is 13.6. The summed E-state index contributed by atoms with van der Waals surface area (Å²) in [4.78, 5) is 12.2. The SMILES string of the molecule is C[Si](C)(C)c1ccccc1NC(=O)c1ccccc1. The van der Waals surface area contributed by atoms with Crippen LogP contribution >= 0.6 is 0 Å². The van der Waals surface area contributed by atoms with Gasteiger partial charge in [-0.25, -0.2) is 0 Å². The molecular formula is C16H19NOSi. The van der Waals surface area contributed by atoms with Gasteiger partial charge in [-0.05, 0) is 23.4 Å². The van der Waals surface area contributed by atoms with E-state index in [0.717, 1.165) is 5.69 Å². The first-order valence-corrected chi connectivity index (χ1v) is 9.94.